The van der Waals surface area contributed by atoms with Gasteiger partial charge in [0.2, 0.25) is 5.95 Å². The largest absolute Gasteiger partial charge is 0.471 e. The first-order valence-electron chi connectivity index (χ1n) is 16.4. The van der Waals surface area contributed by atoms with Gasteiger partial charge in [0, 0.05) is 44.8 Å². The van der Waals surface area contributed by atoms with E-state index in [-0.39, 0.29) is 42.9 Å². The molecule has 2 aromatic rings. The minimum absolute atomic E-state index is 0.0433. The summed E-state index contributed by atoms with van der Waals surface area (Å²) in [7, 11) is 0. The maximum atomic E-state index is 13.5. The molecule has 0 spiro atoms. The fraction of sp³-hybridized carbons (Fsp3) is 0.767. The molecule has 0 bridgehead atoms. The topological polar surface area (TPSA) is 173 Å². The Morgan fingerprint density at radius 1 is 1.11 bits per heavy atom. The lowest BCUT2D eigenvalue weighted by atomic mass is 9.92. The molecule has 6 atom stereocenters. The van der Waals surface area contributed by atoms with Crippen molar-refractivity contribution in [1.29, 1.82) is 0 Å². The number of imidazole rings is 1. The molecule has 3 amide bonds. The van der Waals surface area contributed by atoms with Crippen molar-refractivity contribution in [3.05, 3.63) is 6.33 Å². The van der Waals surface area contributed by atoms with Crippen LogP contribution in [0.2, 0.25) is 0 Å². The van der Waals surface area contributed by atoms with Crippen LogP contribution in [0.15, 0.2) is 6.33 Å². The molecule has 1 saturated carbocycles. The lowest BCUT2D eigenvalue weighted by molar-refractivity contribution is -0.190. The number of alkyl halides is 3. The molecule has 2 aliphatic heterocycles. The highest BCUT2D eigenvalue weighted by molar-refractivity contribution is 5.85. The molecule has 47 heavy (non-hydrogen) atoms. The number of nitrogens with one attached hydrogen (secondary N) is 4. The first-order valence-corrected chi connectivity index (χ1v) is 16.4. The molecule has 0 radical (unpaired) electrons. The van der Waals surface area contributed by atoms with Crippen molar-refractivity contribution in [1.82, 2.24) is 40.4 Å². The number of hydrogen-bond acceptors (Lipinski definition) is 10. The van der Waals surface area contributed by atoms with Crippen LogP contribution in [-0.4, -0.2) is 122 Å². The SMILES string of the molecule is CCCN(C(=O)C(F)(F)F)[C@H]1C[C@@H](n2cnc3c(NCCC(C)(C)C)nc(N4CC[C@@H](NC(=O)NC5CCNC5)C4)nc32)[C@H](O)[C@@H]1O. The molecule has 14 nitrogen and oxygen atoms in total. The van der Waals surface area contributed by atoms with Crippen molar-refractivity contribution >= 4 is 34.9 Å². The van der Waals surface area contributed by atoms with E-state index < -0.39 is 36.4 Å². The average Bonchev–Trinajstić information content (AvgIpc) is 3.80. The lowest BCUT2D eigenvalue weighted by Gasteiger charge is -2.31. The van der Waals surface area contributed by atoms with Crippen molar-refractivity contribution in [2.24, 2.45) is 5.41 Å². The number of carbonyl (C=O) groups excluding carboxylic acids is 2. The summed E-state index contributed by atoms with van der Waals surface area (Å²) in [5.74, 6) is -1.22. The maximum Gasteiger partial charge on any atom is 0.471 e. The van der Waals surface area contributed by atoms with Crippen LogP contribution < -0.4 is 26.2 Å². The molecule has 262 valence electrons. The number of anilines is 2. The summed E-state index contributed by atoms with van der Waals surface area (Å²) >= 11 is 0. The van der Waals surface area contributed by atoms with Crippen LogP contribution in [0.4, 0.5) is 29.7 Å². The zero-order chi connectivity index (χ0) is 34.1. The number of amides is 3. The highest BCUT2D eigenvalue weighted by Gasteiger charge is 2.51. The van der Waals surface area contributed by atoms with Gasteiger partial charge in [-0.25, -0.2) is 9.78 Å². The van der Waals surface area contributed by atoms with Crippen LogP contribution in [0.3, 0.4) is 0 Å². The van der Waals surface area contributed by atoms with E-state index in [0.29, 0.717) is 53.9 Å². The summed E-state index contributed by atoms with van der Waals surface area (Å²) in [6, 6.07) is -2.45. The van der Waals surface area contributed by atoms with Crippen molar-refractivity contribution in [3.8, 4) is 0 Å². The van der Waals surface area contributed by atoms with Gasteiger partial charge in [0.1, 0.15) is 12.2 Å². The van der Waals surface area contributed by atoms with Crippen LogP contribution in [0.5, 0.6) is 0 Å². The summed E-state index contributed by atoms with van der Waals surface area (Å²) in [5.41, 5.74) is 0.780. The van der Waals surface area contributed by atoms with Gasteiger partial charge in [-0.3, -0.25) is 4.79 Å². The number of aromatic nitrogens is 4. The Balaban J connectivity index is 1.41. The quantitative estimate of drug-likeness (QED) is 0.219. The lowest BCUT2D eigenvalue weighted by Crippen LogP contribution is -2.51. The van der Waals surface area contributed by atoms with Crippen LogP contribution in [-0.2, 0) is 4.79 Å². The number of hydrogen-bond donors (Lipinski definition) is 6. The molecular formula is C30H47F3N10O4. The number of urea groups is 1. The van der Waals surface area contributed by atoms with E-state index in [1.807, 2.05) is 4.90 Å². The van der Waals surface area contributed by atoms with Crippen LogP contribution >= 0.6 is 0 Å². The Kier molecular flexibility index (Phi) is 10.4. The van der Waals surface area contributed by atoms with E-state index in [9.17, 15) is 33.0 Å². The molecule has 3 aliphatic rings. The molecule has 4 heterocycles. The van der Waals surface area contributed by atoms with E-state index in [1.54, 1.807) is 11.5 Å². The van der Waals surface area contributed by atoms with Crippen LogP contribution in [0, 0.1) is 5.41 Å². The highest BCUT2D eigenvalue weighted by atomic mass is 19.4. The summed E-state index contributed by atoms with van der Waals surface area (Å²) < 4.78 is 42.0. The Morgan fingerprint density at radius 2 is 1.85 bits per heavy atom. The number of carbonyl (C=O) groups is 2. The molecule has 2 aromatic heterocycles. The van der Waals surface area contributed by atoms with Crippen LogP contribution in [0.25, 0.3) is 11.2 Å². The Labute approximate surface area is 271 Å². The predicted octanol–water partition coefficient (Wildman–Crippen LogP) is 1.75. The molecule has 0 aromatic carbocycles. The minimum Gasteiger partial charge on any atom is -0.388 e. The second-order valence-corrected chi connectivity index (χ2v) is 14.0. The van der Waals surface area contributed by atoms with E-state index in [1.165, 1.54) is 6.33 Å². The molecule has 1 unspecified atom stereocenters. The molecular weight excluding hydrogens is 621 g/mol. The number of aliphatic hydroxyl groups is 2. The number of rotatable bonds is 10. The van der Waals surface area contributed by atoms with E-state index >= 15 is 0 Å². The van der Waals surface area contributed by atoms with Crippen molar-refractivity contribution in [2.75, 3.05) is 49.5 Å². The first kappa shape index (κ1) is 34.9. The van der Waals surface area contributed by atoms with Gasteiger partial charge < -0.3 is 45.8 Å². The fourth-order valence-electron chi connectivity index (χ4n) is 6.61. The van der Waals surface area contributed by atoms with Gasteiger partial charge in [-0.1, -0.05) is 27.7 Å². The van der Waals surface area contributed by atoms with Gasteiger partial charge in [0.15, 0.2) is 17.0 Å². The average molecular weight is 669 g/mol. The van der Waals surface area contributed by atoms with Gasteiger partial charge in [-0.2, -0.15) is 23.1 Å². The zero-order valence-electron chi connectivity index (χ0n) is 27.3. The number of nitrogens with zero attached hydrogens (tertiary/aromatic N) is 6. The van der Waals surface area contributed by atoms with Gasteiger partial charge in [0.25, 0.3) is 0 Å². The van der Waals surface area contributed by atoms with Gasteiger partial charge in [-0.15, -0.1) is 0 Å². The van der Waals surface area contributed by atoms with E-state index in [4.69, 9.17) is 9.97 Å². The Bertz CT molecular complexity index is 1410. The molecule has 2 saturated heterocycles. The van der Waals surface area contributed by atoms with Crippen molar-refractivity contribution in [3.63, 3.8) is 0 Å². The van der Waals surface area contributed by atoms with Gasteiger partial charge >= 0.3 is 18.1 Å². The third kappa shape index (κ3) is 8.00. The molecule has 5 rings (SSSR count). The number of fused-ring (bicyclic) bond motifs is 1. The first-order chi connectivity index (χ1) is 22.2. The summed E-state index contributed by atoms with van der Waals surface area (Å²) in [5, 5.41) is 34.7. The monoisotopic (exact) mass is 668 g/mol. The third-order valence-electron chi connectivity index (χ3n) is 9.13. The third-order valence-corrected chi connectivity index (χ3v) is 9.13. The Hall–Kier alpha value is -3.44. The summed E-state index contributed by atoms with van der Waals surface area (Å²) in [6.07, 6.45) is -4.31. The number of aliphatic hydroxyl groups excluding tert-OH is 2. The van der Waals surface area contributed by atoms with E-state index in [0.717, 1.165) is 25.9 Å². The molecule has 1 aliphatic carbocycles. The van der Waals surface area contributed by atoms with Gasteiger partial charge in [0.05, 0.1) is 18.4 Å². The molecule has 6 N–H and O–H groups in total. The smallest absolute Gasteiger partial charge is 0.388 e. The Morgan fingerprint density at radius 3 is 2.51 bits per heavy atom. The molecule has 17 heteroatoms. The van der Waals surface area contributed by atoms with Crippen LogP contribution in [0.1, 0.15) is 65.8 Å². The maximum absolute atomic E-state index is 13.5. The summed E-state index contributed by atoms with van der Waals surface area (Å²) in [4.78, 5) is 41.6. The predicted molar refractivity (Wildman–Crippen MR) is 169 cm³/mol. The second-order valence-electron chi connectivity index (χ2n) is 14.0. The normalized spacial score (nSPS) is 26.6. The standard InChI is InChI=1S/C30H47F3N10O4/c1-5-11-42(26(46)30(31,32)33)19-13-20(23(45)22(19)44)43-16-36-21-24(35-10-8-29(2,3)4)39-27(40-25(21)43)41-12-7-18(15-41)38-28(47)37-17-6-9-34-14-17/h16-20,22-23,34,44-45H,5-15H2,1-4H3,(H,35,39,40)(H2,37,38,47)/t17?,18-,19+,20-,22-,23+/m1/s1. The van der Waals surface area contributed by atoms with Gasteiger partial charge in [-0.05, 0) is 44.1 Å². The number of halogens is 3. The zero-order valence-corrected chi connectivity index (χ0v) is 27.3. The van der Waals surface area contributed by atoms with Crippen molar-refractivity contribution in [2.45, 2.75) is 102 Å². The van der Waals surface area contributed by atoms with Crippen molar-refractivity contribution < 1.29 is 33.0 Å². The fourth-order valence-corrected chi connectivity index (χ4v) is 6.61. The molecule has 3 fully saturated rings. The van der Waals surface area contributed by atoms with E-state index in [2.05, 4.69) is 47.0 Å². The second kappa shape index (κ2) is 14.0. The minimum atomic E-state index is -5.12. The highest BCUT2D eigenvalue weighted by Crippen LogP contribution is 2.38. The summed E-state index contributed by atoms with van der Waals surface area (Å²) in [6.45, 7) is 11.0.